The molecule has 0 saturated heterocycles. The fourth-order valence-corrected chi connectivity index (χ4v) is 3.00. The zero-order chi connectivity index (χ0) is 19.7. The molecule has 0 fully saturated rings. The second kappa shape index (κ2) is 7.44. The highest BCUT2D eigenvalue weighted by molar-refractivity contribution is 6.32. The topological polar surface area (TPSA) is 91.5 Å². The van der Waals surface area contributed by atoms with E-state index in [-0.39, 0.29) is 5.88 Å². The van der Waals surface area contributed by atoms with Gasteiger partial charge >= 0.3 is 0 Å². The average Bonchev–Trinajstić information content (AvgIpc) is 2.69. The average molecular weight is 399 g/mol. The summed E-state index contributed by atoms with van der Waals surface area (Å²) < 4.78 is 17.0. The molecule has 0 spiro atoms. The Bertz CT molecular complexity index is 1020. The highest BCUT2D eigenvalue weighted by Gasteiger charge is 2.15. The smallest absolute Gasteiger partial charge is 0.248 e. The third-order valence-corrected chi connectivity index (χ3v) is 4.87. The van der Waals surface area contributed by atoms with E-state index in [0.29, 0.717) is 47.0 Å². The summed E-state index contributed by atoms with van der Waals surface area (Å²) in [5.41, 5.74) is 9.12. The maximum Gasteiger partial charge on any atom is 0.248 e. The van der Waals surface area contributed by atoms with Gasteiger partial charge in [-0.25, -0.2) is 4.98 Å². The minimum Gasteiger partial charge on any atom is -0.486 e. The SMILES string of the molecule is Cc1cc(Oc2ncnc(Nc3ccc4c(c3)OCCO4)c2N)cc(C)c1Cl. The standard InChI is InChI=1S/C20H19ClN4O3/c1-11-7-14(8-12(2)17(11)21)28-20-18(22)19(23-10-24-20)25-13-3-4-15-16(9-13)27-6-5-26-15/h3-4,7-10H,5-6,22H2,1-2H3,(H,23,24,25). The molecule has 3 aromatic rings. The zero-order valence-corrected chi connectivity index (χ0v) is 16.2. The van der Waals surface area contributed by atoms with E-state index in [4.69, 9.17) is 31.5 Å². The van der Waals surface area contributed by atoms with Gasteiger partial charge in [0.15, 0.2) is 17.3 Å². The van der Waals surface area contributed by atoms with E-state index in [1.807, 2.05) is 44.2 Å². The maximum atomic E-state index is 6.23. The first-order valence-electron chi connectivity index (χ1n) is 8.73. The van der Waals surface area contributed by atoms with Crippen molar-refractivity contribution in [3.8, 4) is 23.1 Å². The quantitative estimate of drug-likeness (QED) is 0.661. The van der Waals surface area contributed by atoms with E-state index < -0.39 is 0 Å². The summed E-state index contributed by atoms with van der Waals surface area (Å²) in [7, 11) is 0. The Morgan fingerprint density at radius 1 is 1.04 bits per heavy atom. The number of benzene rings is 2. The van der Waals surface area contributed by atoms with Crippen LogP contribution in [0.5, 0.6) is 23.1 Å². The molecule has 4 rings (SSSR count). The summed E-state index contributed by atoms with van der Waals surface area (Å²) in [5, 5.41) is 3.88. The van der Waals surface area contributed by atoms with Crippen LogP contribution in [0, 0.1) is 13.8 Å². The molecular formula is C20H19ClN4O3. The zero-order valence-electron chi connectivity index (χ0n) is 15.5. The Morgan fingerprint density at radius 3 is 2.50 bits per heavy atom. The normalized spacial score (nSPS) is 12.5. The Hall–Kier alpha value is -3.19. The number of nitrogens with two attached hydrogens (primary N) is 1. The van der Waals surface area contributed by atoms with Crippen molar-refractivity contribution in [1.29, 1.82) is 0 Å². The molecule has 0 bridgehead atoms. The predicted molar refractivity (Wildman–Crippen MR) is 108 cm³/mol. The van der Waals surface area contributed by atoms with Crippen LogP contribution in [0.3, 0.4) is 0 Å². The molecule has 1 aliphatic rings. The summed E-state index contributed by atoms with van der Waals surface area (Å²) in [6.07, 6.45) is 1.39. The van der Waals surface area contributed by atoms with Crippen LogP contribution in [0.2, 0.25) is 5.02 Å². The Morgan fingerprint density at radius 2 is 1.75 bits per heavy atom. The van der Waals surface area contributed by atoms with Crippen LogP contribution in [0.4, 0.5) is 17.2 Å². The fraction of sp³-hybridized carbons (Fsp3) is 0.200. The lowest BCUT2D eigenvalue weighted by Crippen LogP contribution is -2.15. The van der Waals surface area contributed by atoms with Gasteiger partial charge in [-0.1, -0.05) is 11.6 Å². The van der Waals surface area contributed by atoms with E-state index in [2.05, 4.69) is 15.3 Å². The number of nitrogens with zero attached hydrogens (tertiary/aromatic N) is 2. The maximum absolute atomic E-state index is 6.23. The third-order valence-electron chi connectivity index (χ3n) is 4.28. The van der Waals surface area contributed by atoms with Crippen molar-refractivity contribution >= 4 is 28.8 Å². The van der Waals surface area contributed by atoms with Crippen LogP contribution in [0.15, 0.2) is 36.7 Å². The molecule has 2 heterocycles. The van der Waals surface area contributed by atoms with Crippen molar-refractivity contribution in [3.63, 3.8) is 0 Å². The van der Waals surface area contributed by atoms with E-state index >= 15 is 0 Å². The summed E-state index contributed by atoms with van der Waals surface area (Å²) in [5.74, 6) is 2.69. The van der Waals surface area contributed by atoms with Gasteiger partial charge in [-0.05, 0) is 49.2 Å². The molecule has 1 aromatic heterocycles. The molecule has 1 aliphatic heterocycles. The predicted octanol–water partition coefficient (Wildman–Crippen LogP) is 4.64. The number of nitrogen functional groups attached to an aromatic ring is 1. The molecular weight excluding hydrogens is 380 g/mol. The number of fused-ring (bicyclic) bond motifs is 1. The second-order valence-electron chi connectivity index (χ2n) is 6.40. The molecule has 2 aromatic carbocycles. The lowest BCUT2D eigenvalue weighted by molar-refractivity contribution is 0.171. The van der Waals surface area contributed by atoms with Crippen LogP contribution in [-0.2, 0) is 0 Å². The van der Waals surface area contributed by atoms with E-state index in [1.54, 1.807) is 0 Å². The van der Waals surface area contributed by atoms with Crippen molar-refractivity contribution in [3.05, 3.63) is 52.8 Å². The van der Waals surface area contributed by atoms with Crippen molar-refractivity contribution in [2.45, 2.75) is 13.8 Å². The molecule has 0 aliphatic carbocycles. The monoisotopic (exact) mass is 398 g/mol. The number of hydrogen-bond acceptors (Lipinski definition) is 7. The molecule has 28 heavy (non-hydrogen) atoms. The van der Waals surface area contributed by atoms with Crippen molar-refractivity contribution in [2.75, 3.05) is 24.3 Å². The molecule has 0 unspecified atom stereocenters. The fourth-order valence-electron chi connectivity index (χ4n) is 2.89. The van der Waals surface area contributed by atoms with Gasteiger partial charge in [-0.15, -0.1) is 0 Å². The van der Waals surface area contributed by atoms with Crippen LogP contribution < -0.4 is 25.3 Å². The molecule has 8 heteroatoms. The number of aryl methyl sites for hydroxylation is 2. The van der Waals surface area contributed by atoms with Gasteiger partial charge < -0.3 is 25.3 Å². The van der Waals surface area contributed by atoms with Crippen LogP contribution in [0.1, 0.15) is 11.1 Å². The molecule has 0 saturated carbocycles. The first-order chi connectivity index (χ1) is 13.5. The number of nitrogens with one attached hydrogen (secondary N) is 1. The Kier molecular flexibility index (Phi) is 4.83. The molecule has 144 valence electrons. The number of aromatic nitrogens is 2. The van der Waals surface area contributed by atoms with Crippen LogP contribution in [0.25, 0.3) is 0 Å². The highest BCUT2D eigenvalue weighted by Crippen LogP contribution is 2.36. The van der Waals surface area contributed by atoms with Crippen LogP contribution >= 0.6 is 11.6 Å². The van der Waals surface area contributed by atoms with Crippen LogP contribution in [-0.4, -0.2) is 23.2 Å². The lowest BCUT2D eigenvalue weighted by Gasteiger charge is -2.19. The molecule has 3 N–H and O–H groups in total. The molecule has 0 radical (unpaired) electrons. The van der Waals surface area contributed by atoms with E-state index in [9.17, 15) is 0 Å². The Labute approximate surface area is 167 Å². The van der Waals surface area contributed by atoms with Gasteiger partial charge in [0, 0.05) is 16.8 Å². The van der Waals surface area contributed by atoms with Gasteiger partial charge in [0.05, 0.1) is 0 Å². The van der Waals surface area contributed by atoms with Gasteiger partial charge in [0.1, 0.15) is 31.0 Å². The summed E-state index contributed by atoms with van der Waals surface area (Å²) in [6, 6.07) is 9.21. The third kappa shape index (κ3) is 3.61. The molecule has 7 nitrogen and oxygen atoms in total. The summed E-state index contributed by atoms with van der Waals surface area (Å²) in [4.78, 5) is 8.37. The largest absolute Gasteiger partial charge is 0.486 e. The lowest BCUT2D eigenvalue weighted by atomic mass is 10.1. The Balaban J connectivity index is 1.59. The van der Waals surface area contributed by atoms with Gasteiger partial charge in [0.2, 0.25) is 5.88 Å². The van der Waals surface area contributed by atoms with Gasteiger partial charge in [0.25, 0.3) is 0 Å². The molecule has 0 amide bonds. The second-order valence-corrected chi connectivity index (χ2v) is 6.78. The number of halogens is 1. The van der Waals surface area contributed by atoms with E-state index in [0.717, 1.165) is 16.8 Å². The van der Waals surface area contributed by atoms with Gasteiger partial charge in [-0.2, -0.15) is 4.98 Å². The number of anilines is 3. The van der Waals surface area contributed by atoms with Crippen molar-refractivity contribution < 1.29 is 14.2 Å². The van der Waals surface area contributed by atoms with Crippen molar-refractivity contribution in [1.82, 2.24) is 9.97 Å². The number of hydrogen-bond donors (Lipinski definition) is 2. The minimum absolute atomic E-state index is 0.260. The molecule has 0 atom stereocenters. The minimum atomic E-state index is 0.260. The number of rotatable bonds is 4. The van der Waals surface area contributed by atoms with Gasteiger partial charge in [-0.3, -0.25) is 0 Å². The van der Waals surface area contributed by atoms with Crippen molar-refractivity contribution in [2.24, 2.45) is 0 Å². The number of ether oxygens (including phenoxy) is 3. The summed E-state index contributed by atoms with van der Waals surface area (Å²) >= 11 is 6.21. The van der Waals surface area contributed by atoms with E-state index in [1.165, 1.54) is 6.33 Å². The summed E-state index contributed by atoms with van der Waals surface area (Å²) in [6.45, 7) is 4.90. The first-order valence-corrected chi connectivity index (χ1v) is 9.11. The highest BCUT2D eigenvalue weighted by atomic mass is 35.5. The first kappa shape index (κ1) is 18.2.